The van der Waals surface area contributed by atoms with Gasteiger partial charge in [0.2, 0.25) is 0 Å². The molecular formula is C17H26N4O. The molecule has 5 heteroatoms. The Morgan fingerprint density at radius 2 is 2.09 bits per heavy atom. The Labute approximate surface area is 131 Å². The Morgan fingerprint density at radius 3 is 3.05 bits per heavy atom. The van der Waals surface area contributed by atoms with Gasteiger partial charge in [-0.05, 0) is 64.0 Å². The highest BCUT2D eigenvalue weighted by atomic mass is 16.1. The van der Waals surface area contributed by atoms with Crippen LogP contribution in [0.5, 0.6) is 0 Å². The predicted octanol–water partition coefficient (Wildman–Crippen LogP) is 1.89. The van der Waals surface area contributed by atoms with Crippen molar-refractivity contribution in [1.82, 2.24) is 20.4 Å². The molecule has 1 aromatic heterocycles. The second kappa shape index (κ2) is 6.03. The van der Waals surface area contributed by atoms with Crippen molar-refractivity contribution >= 4 is 5.91 Å². The first-order valence-corrected chi connectivity index (χ1v) is 8.91. The Morgan fingerprint density at radius 1 is 1.18 bits per heavy atom. The van der Waals surface area contributed by atoms with Crippen LogP contribution in [-0.4, -0.2) is 46.7 Å². The molecule has 2 fully saturated rings. The quantitative estimate of drug-likeness (QED) is 0.896. The molecule has 1 aliphatic carbocycles. The Bertz CT molecular complexity index is 551. The third kappa shape index (κ3) is 2.56. The molecule has 0 saturated carbocycles. The predicted molar refractivity (Wildman–Crippen MR) is 84.9 cm³/mol. The normalized spacial score (nSPS) is 28.2. The van der Waals surface area contributed by atoms with Gasteiger partial charge < -0.3 is 10.2 Å². The first-order valence-electron chi connectivity index (χ1n) is 8.91. The number of aromatic amines is 1. The smallest absolute Gasteiger partial charge is 0.272 e. The third-order valence-corrected chi connectivity index (χ3v) is 5.77. The minimum absolute atomic E-state index is 0.0207. The van der Waals surface area contributed by atoms with Crippen LogP contribution in [0.4, 0.5) is 0 Å². The van der Waals surface area contributed by atoms with Gasteiger partial charge in [-0.3, -0.25) is 9.89 Å². The van der Waals surface area contributed by atoms with Crippen LogP contribution in [0.1, 0.15) is 60.3 Å². The SMILES string of the molecule is O=C(NC[C@@H]1CCCN2CCCC[C@H]12)c1n[nH]c2c1CCC2. The van der Waals surface area contributed by atoms with Crippen LogP contribution in [0.25, 0.3) is 0 Å². The number of H-pyrrole nitrogens is 1. The number of fused-ring (bicyclic) bond motifs is 2. The van der Waals surface area contributed by atoms with Crippen molar-refractivity contribution in [3.05, 3.63) is 17.0 Å². The number of nitrogens with zero attached hydrogens (tertiary/aromatic N) is 2. The van der Waals surface area contributed by atoms with Crippen molar-refractivity contribution in [3.63, 3.8) is 0 Å². The number of amides is 1. The number of carbonyl (C=O) groups excluding carboxylic acids is 1. The molecule has 0 bridgehead atoms. The molecule has 120 valence electrons. The van der Waals surface area contributed by atoms with E-state index in [0.29, 0.717) is 17.7 Å². The van der Waals surface area contributed by atoms with Crippen LogP contribution >= 0.6 is 0 Å². The fourth-order valence-electron chi connectivity index (χ4n) is 4.63. The summed E-state index contributed by atoms with van der Waals surface area (Å²) < 4.78 is 0. The van der Waals surface area contributed by atoms with E-state index < -0.39 is 0 Å². The number of carbonyl (C=O) groups is 1. The first kappa shape index (κ1) is 14.2. The Kier molecular flexibility index (Phi) is 3.90. The van der Waals surface area contributed by atoms with Gasteiger partial charge in [-0.15, -0.1) is 0 Å². The summed E-state index contributed by atoms with van der Waals surface area (Å²) in [7, 11) is 0. The van der Waals surface area contributed by atoms with Crippen LogP contribution in [0, 0.1) is 5.92 Å². The van der Waals surface area contributed by atoms with Crippen molar-refractivity contribution in [2.24, 2.45) is 5.92 Å². The molecule has 5 nitrogen and oxygen atoms in total. The maximum atomic E-state index is 12.5. The summed E-state index contributed by atoms with van der Waals surface area (Å²) in [6.45, 7) is 3.31. The molecule has 3 heterocycles. The van der Waals surface area contributed by atoms with Gasteiger partial charge in [-0.2, -0.15) is 5.10 Å². The summed E-state index contributed by atoms with van der Waals surface area (Å²) in [6, 6.07) is 0.688. The summed E-state index contributed by atoms with van der Waals surface area (Å²) in [6.07, 6.45) is 9.69. The lowest BCUT2D eigenvalue weighted by atomic mass is 9.83. The maximum absolute atomic E-state index is 12.5. The molecule has 0 spiro atoms. The van der Waals surface area contributed by atoms with E-state index in [-0.39, 0.29) is 5.91 Å². The van der Waals surface area contributed by atoms with Crippen LogP contribution in [0.2, 0.25) is 0 Å². The molecule has 4 rings (SSSR count). The molecule has 0 unspecified atom stereocenters. The van der Waals surface area contributed by atoms with Gasteiger partial charge in [0, 0.05) is 23.8 Å². The van der Waals surface area contributed by atoms with E-state index >= 15 is 0 Å². The van der Waals surface area contributed by atoms with Crippen LogP contribution in [0.15, 0.2) is 0 Å². The van der Waals surface area contributed by atoms with Crippen LogP contribution in [-0.2, 0) is 12.8 Å². The highest BCUT2D eigenvalue weighted by Gasteiger charge is 2.33. The number of nitrogens with one attached hydrogen (secondary N) is 2. The van der Waals surface area contributed by atoms with E-state index in [9.17, 15) is 4.79 Å². The van der Waals surface area contributed by atoms with E-state index in [0.717, 1.165) is 31.4 Å². The zero-order valence-corrected chi connectivity index (χ0v) is 13.2. The lowest BCUT2D eigenvalue weighted by Gasteiger charge is -2.44. The molecule has 1 amide bonds. The van der Waals surface area contributed by atoms with Gasteiger partial charge in [-0.1, -0.05) is 6.42 Å². The molecule has 0 aromatic carbocycles. The fraction of sp³-hybridized carbons (Fsp3) is 0.765. The highest BCUT2D eigenvalue weighted by molar-refractivity contribution is 5.94. The second-order valence-corrected chi connectivity index (χ2v) is 7.09. The minimum Gasteiger partial charge on any atom is -0.350 e. The van der Waals surface area contributed by atoms with E-state index in [4.69, 9.17) is 0 Å². The van der Waals surface area contributed by atoms with Gasteiger partial charge in [-0.25, -0.2) is 0 Å². The summed E-state index contributed by atoms with van der Waals surface area (Å²) in [5.74, 6) is 0.636. The van der Waals surface area contributed by atoms with Gasteiger partial charge in [0.05, 0.1) is 0 Å². The summed E-state index contributed by atoms with van der Waals surface area (Å²) in [4.78, 5) is 15.1. The number of hydrogen-bond donors (Lipinski definition) is 2. The molecule has 22 heavy (non-hydrogen) atoms. The van der Waals surface area contributed by atoms with Crippen molar-refractivity contribution in [2.75, 3.05) is 19.6 Å². The molecule has 2 saturated heterocycles. The van der Waals surface area contributed by atoms with Gasteiger partial charge in [0.15, 0.2) is 5.69 Å². The number of aromatic nitrogens is 2. The molecule has 2 aliphatic heterocycles. The van der Waals surface area contributed by atoms with Crippen molar-refractivity contribution in [3.8, 4) is 0 Å². The average Bonchev–Trinajstić information content (AvgIpc) is 3.15. The van der Waals surface area contributed by atoms with Crippen LogP contribution < -0.4 is 5.32 Å². The van der Waals surface area contributed by atoms with E-state index in [1.807, 2.05) is 0 Å². The molecule has 3 aliphatic rings. The summed E-state index contributed by atoms with van der Waals surface area (Å²) in [5.41, 5.74) is 2.96. The monoisotopic (exact) mass is 302 g/mol. The zero-order chi connectivity index (χ0) is 14.9. The molecule has 2 atom stereocenters. The van der Waals surface area contributed by atoms with Crippen molar-refractivity contribution in [2.45, 2.75) is 57.4 Å². The average molecular weight is 302 g/mol. The Balaban J connectivity index is 1.38. The van der Waals surface area contributed by atoms with E-state index in [2.05, 4.69) is 20.4 Å². The number of aryl methyl sites for hydroxylation is 1. The maximum Gasteiger partial charge on any atom is 0.272 e. The number of piperidine rings is 2. The lowest BCUT2D eigenvalue weighted by Crippen LogP contribution is -2.51. The van der Waals surface area contributed by atoms with Crippen LogP contribution in [0.3, 0.4) is 0 Å². The standard InChI is InChI=1S/C17H26N4O/c22-17(16-13-6-3-7-14(13)19-20-16)18-11-12-5-4-10-21-9-2-1-8-15(12)21/h12,15H,1-11H2,(H,18,22)(H,19,20)/t12-,15+/m0/s1. The molecule has 1 aromatic rings. The molecule has 2 N–H and O–H groups in total. The highest BCUT2D eigenvalue weighted by Crippen LogP contribution is 2.30. The van der Waals surface area contributed by atoms with E-state index in [1.165, 1.54) is 50.9 Å². The van der Waals surface area contributed by atoms with Crippen molar-refractivity contribution < 1.29 is 4.79 Å². The molecular weight excluding hydrogens is 276 g/mol. The van der Waals surface area contributed by atoms with Gasteiger partial charge in [0.1, 0.15) is 0 Å². The van der Waals surface area contributed by atoms with Gasteiger partial charge in [0.25, 0.3) is 5.91 Å². The number of hydrogen-bond acceptors (Lipinski definition) is 3. The lowest BCUT2D eigenvalue weighted by molar-refractivity contribution is 0.0575. The minimum atomic E-state index is 0.0207. The topological polar surface area (TPSA) is 61.0 Å². The van der Waals surface area contributed by atoms with Gasteiger partial charge >= 0.3 is 0 Å². The summed E-state index contributed by atoms with van der Waals surface area (Å²) >= 11 is 0. The van der Waals surface area contributed by atoms with E-state index in [1.54, 1.807) is 0 Å². The summed E-state index contributed by atoms with van der Waals surface area (Å²) in [5, 5.41) is 10.4. The third-order valence-electron chi connectivity index (χ3n) is 5.77. The Hall–Kier alpha value is -1.36. The largest absolute Gasteiger partial charge is 0.350 e. The fourth-order valence-corrected chi connectivity index (χ4v) is 4.63. The van der Waals surface area contributed by atoms with Crippen molar-refractivity contribution in [1.29, 1.82) is 0 Å². The zero-order valence-electron chi connectivity index (χ0n) is 13.2. The second-order valence-electron chi connectivity index (χ2n) is 7.09. The number of rotatable bonds is 3. The first-order chi connectivity index (χ1) is 10.8. The molecule has 0 radical (unpaired) electrons.